The number of hydrogen-bond acceptors (Lipinski definition) is 15. The Morgan fingerprint density at radius 1 is 0.296 bits per heavy atom. The van der Waals surface area contributed by atoms with Gasteiger partial charge in [-0.15, -0.1) is 0 Å². The molecular weight excluding hydrogens is 1280 g/mol. The van der Waals surface area contributed by atoms with Crippen molar-refractivity contribution in [3.63, 3.8) is 0 Å². The number of unbranched alkanes of at least 4 members (excludes halogenated alkanes) is 30. The van der Waals surface area contributed by atoms with E-state index in [1.165, 1.54) is 64.2 Å². The molecule has 19 heteroatoms. The number of carbonyl (C=O) groups is 4. The molecule has 0 aliphatic heterocycles. The van der Waals surface area contributed by atoms with E-state index in [4.69, 9.17) is 37.0 Å². The molecule has 17 nitrogen and oxygen atoms in total. The highest BCUT2D eigenvalue weighted by atomic mass is 31.2. The maximum atomic E-state index is 13.1. The second kappa shape index (κ2) is 71.4. The van der Waals surface area contributed by atoms with Crippen LogP contribution in [0, 0.1) is 0 Å². The first-order valence-electron chi connectivity index (χ1n) is 38.5. The third kappa shape index (κ3) is 70.4. The first-order valence-corrected chi connectivity index (χ1v) is 41.5. The monoisotopic (exact) mass is 1420 g/mol. The lowest BCUT2D eigenvalue weighted by Crippen LogP contribution is -2.30. The smallest absolute Gasteiger partial charge is 0.462 e. The van der Waals surface area contributed by atoms with Gasteiger partial charge in [0.15, 0.2) is 12.2 Å². The zero-order chi connectivity index (χ0) is 71.8. The molecule has 0 saturated carbocycles. The summed E-state index contributed by atoms with van der Waals surface area (Å²) in [7, 11) is -9.96. The van der Waals surface area contributed by atoms with Crippen LogP contribution in [0.4, 0.5) is 0 Å². The van der Waals surface area contributed by atoms with E-state index in [2.05, 4.69) is 125 Å². The Labute approximate surface area is 595 Å². The Bertz CT molecular complexity index is 2240. The molecule has 0 aliphatic rings. The Morgan fingerprint density at radius 3 is 0.857 bits per heavy atom. The van der Waals surface area contributed by atoms with Gasteiger partial charge in [-0.25, -0.2) is 9.13 Å². The Balaban J connectivity index is 5.36. The first kappa shape index (κ1) is 94.0. The number of allylic oxidation sites excluding steroid dienone is 16. The summed E-state index contributed by atoms with van der Waals surface area (Å²) in [6.45, 7) is 4.56. The van der Waals surface area contributed by atoms with Crippen LogP contribution < -0.4 is 0 Å². The van der Waals surface area contributed by atoms with Crippen LogP contribution in [0.15, 0.2) is 97.2 Å². The van der Waals surface area contributed by atoms with Gasteiger partial charge >= 0.3 is 39.5 Å². The number of esters is 4. The highest BCUT2D eigenvalue weighted by Crippen LogP contribution is 2.45. The molecular formula is C79H138O17P2. The van der Waals surface area contributed by atoms with Crippen molar-refractivity contribution in [1.82, 2.24) is 0 Å². The van der Waals surface area contributed by atoms with E-state index in [9.17, 15) is 43.2 Å². The van der Waals surface area contributed by atoms with E-state index in [1.807, 2.05) is 0 Å². The summed E-state index contributed by atoms with van der Waals surface area (Å²) in [6.07, 6.45) is 73.9. The van der Waals surface area contributed by atoms with Crippen LogP contribution in [0.1, 0.15) is 323 Å². The molecule has 5 atom stereocenters. The maximum absolute atomic E-state index is 13.1. The number of hydrogen-bond donors (Lipinski definition) is 3. The van der Waals surface area contributed by atoms with Crippen LogP contribution in [0.2, 0.25) is 0 Å². The number of phosphoric acid groups is 2. The lowest BCUT2D eigenvalue weighted by molar-refractivity contribution is -0.161. The predicted molar refractivity (Wildman–Crippen MR) is 399 cm³/mol. The summed E-state index contributed by atoms with van der Waals surface area (Å²) < 4.78 is 68.5. The quantitative estimate of drug-likeness (QED) is 0.0169. The SMILES string of the molecule is CC/C=C\C/C=C\C/C=C\CCCCCCCC(=O)OCC(COP(=O)(O)OCC(O)COP(=O)(O)OCC(COC(=O)CCCCCCC/C=C\C/C=C\C/C=C\CC)OC(=O)CCCCCCCCCCCCCCCCC)OC(=O)CCCCCCC/C=C\C/C=C\CCC. The van der Waals surface area contributed by atoms with Gasteiger partial charge in [-0.05, 0) is 116 Å². The topological polar surface area (TPSA) is 237 Å². The molecule has 5 unspecified atom stereocenters. The second-order valence-electron chi connectivity index (χ2n) is 25.5. The molecule has 0 aliphatic carbocycles. The van der Waals surface area contributed by atoms with Crippen molar-refractivity contribution in [3.05, 3.63) is 97.2 Å². The molecule has 0 aromatic heterocycles. The minimum absolute atomic E-state index is 0.0747. The summed E-state index contributed by atoms with van der Waals surface area (Å²) in [5.41, 5.74) is 0. The van der Waals surface area contributed by atoms with Crippen LogP contribution in [0.5, 0.6) is 0 Å². The van der Waals surface area contributed by atoms with Gasteiger partial charge in [-0.2, -0.15) is 0 Å². The van der Waals surface area contributed by atoms with Crippen molar-refractivity contribution in [3.8, 4) is 0 Å². The first-order chi connectivity index (χ1) is 47.7. The zero-order valence-electron chi connectivity index (χ0n) is 61.7. The van der Waals surface area contributed by atoms with Crippen LogP contribution >= 0.6 is 15.6 Å². The molecule has 0 rings (SSSR count). The van der Waals surface area contributed by atoms with Crippen molar-refractivity contribution in [2.24, 2.45) is 0 Å². The minimum Gasteiger partial charge on any atom is -0.462 e. The fourth-order valence-electron chi connectivity index (χ4n) is 10.2. The fourth-order valence-corrected chi connectivity index (χ4v) is 11.8. The number of aliphatic hydroxyl groups excluding tert-OH is 1. The molecule has 98 heavy (non-hydrogen) atoms. The second-order valence-corrected chi connectivity index (χ2v) is 28.4. The molecule has 0 aromatic carbocycles. The summed E-state index contributed by atoms with van der Waals surface area (Å²) >= 11 is 0. The summed E-state index contributed by atoms with van der Waals surface area (Å²) in [4.78, 5) is 72.9. The van der Waals surface area contributed by atoms with Gasteiger partial charge in [0.05, 0.1) is 26.4 Å². The number of aliphatic hydroxyl groups is 1. The molecule has 0 amide bonds. The van der Waals surface area contributed by atoms with Crippen molar-refractivity contribution in [1.29, 1.82) is 0 Å². The van der Waals surface area contributed by atoms with Gasteiger partial charge < -0.3 is 33.8 Å². The summed E-state index contributed by atoms with van der Waals surface area (Å²) in [5.74, 6) is -2.21. The minimum atomic E-state index is -4.98. The van der Waals surface area contributed by atoms with Crippen molar-refractivity contribution in [2.75, 3.05) is 39.6 Å². The van der Waals surface area contributed by atoms with Gasteiger partial charge in [0.2, 0.25) is 0 Å². The van der Waals surface area contributed by atoms with Gasteiger partial charge in [-0.3, -0.25) is 37.3 Å². The van der Waals surface area contributed by atoms with Gasteiger partial charge in [0, 0.05) is 25.7 Å². The Morgan fingerprint density at radius 2 is 0.551 bits per heavy atom. The van der Waals surface area contributed by atoms with Crippen molar-refractivity contribution < 1.29 is 80.2 Å². The normalized spacial score (nSPS) is 14.5. The standard InChI is InChI=1S/C79H138O17P2/c1-5-9-13-17-21-25-29-33-36-40-43-47-51-55-59-63-76(81)89-69-74(95-78(83)65-61-57-53-49-45-39-32-28-24-20-16-12-8-4)71-93-97(85,86)91-67-73(80)68-92-98(87,88)94-72-75(96-79(84)66-62-58-54-50-46-42-38-35-31-27-23-19-15-11-7-3)70-90-77(82)64-60-56-52-48-44-41-37-34-30-26-22-18-14-10-6-2/h9-10,13-14,16,20-22,25-26,28,32-34,36-37,73-75,80H,5-8,11-12,15,17-19,23-24,27,29-31,35,38-72H2,1-4H3,(H,85,86)(H,87,88)/b13-9-,14-10-,20-16-,25-21-,26-22-,32-28-,36-33-,37-34-. The molecule has 0 fully saturated rings. The van der Waals surface area contributed by atoms with Crippen LogP contribution in [-0.4, -0.2) is 96.7 Å². The lowest BCUT2D eigenvalue weighted by Gasteiger charge is -2.21. The zero-order valence-corrected chi connectivity index (χ0v) is 63.5. The van der Waals surface area contributed by atoms with E-state index in [1.54, 1.807) is 0 Å². The highest BCUT2D eigenvalue weighted by Gasteiger charge is 2.30. The average Bonchev–Trinajstić information content (AvgIpc) is 0.959. The Kier molecular flexibility index (Phi) is 68.4. The fraction of sp³-hybridized carbons (Fsp3) is 0.747. The van der Waals surface area contributed by atoms with Crippen LogP contribution in [0.25, 0.3) is 0 Å². The third-order valence-electron chi connectivity index (χ3n) is 16.0. The average molecular weight is 1420 g/mol. The van der Waals surface area contributed by atoms with E-state index < -0.39 is 97.5 Å². The molecule has 0 heterocycles. The van der Waals surface area contributed by atoms with Crippen LogP contribution in [0.3, 0.4) is 0 Å². The predicted octanol–water partition coefficient (Wildman–Crippen LogP) is 22.0. The molecule has 0 spiro atoms. The molecule has 566 valence electrons. The van der Waals surface area contributed by atoms with Gasteiger partial charge in [0.1, 0.15) is 19.3 Å². The van der Waals surface area contributed by atoms with E-state index >= 15 is 0 Å². The molecule has 0 bridgehead atoms. The largest absolute Gasteiger partial charge is 0.472 e. The number of rotatable bonds is 72. The Hall–Kier alpha value is -4.02. The number of ether oxygens (including phenoxy) is 4. The molecule has 3 N–H and O–H groups in total. The van der Waals surface area contributed by atoms with Gasteiger partial charge in [0.25, 0.3) is 0 Å². The molecule has 0 saturated heterocycles. The van der Waals surface area contributed by atoms with E-state index in [0.717, 1.165) is 180 Å². The third-order valence-corrected chi connectivity index (χ3v) is 17.9. The molecule has 0 radical (unpaired) electrons. The van der Waals surface area contributed by atoms with E-state index in [0.29, 0.717) is 25.7 Å². The van der Waals surface area contributed by atoms with Crippen molar-refractivity contribution in [2.45, 2.75) is 341 Å². The highest BCUT2D eigenvalue weighted by molar-refractivity contribution is 7.47. The summed E-state index contributed by atoms with van der Waals surface area (Å²) in [5, 5.41) is 10.6. The van der Waals surface area contributed by atoms with Crippen LogP contribution in [-0.2, 0) is 65.4 Å². The van der Waals surface area contributed by atoms with E-state index in [-0.39, 0.29) is 25.7 Å². The summed E-state index contributed by atoms with van der Waals surface area (Å²) in [6, 6.07) is 0. The molecule has 0 aromatic rings. The lowest BCUT2D eigenvalue weighted by atomic mass is 10.0. The number of phosphoric ester groups is 2. The van der Waals surface area contributed by atoms with Gasteiger partial charge in [-0.1, -0.05) is 279 Å². The number of carbonyl (C=O) groups excluding carboxylic acids is 4. The maximum Gasteiger partial charge on any atom is 0.472 e. The van der Waals surface area contributed by atoms with Crippen molar-refractivity contribution >= 4 is 39.5 Å².